The van der Waals surface area contributed by atoms with Gasteiger partial charge in [-0.2, -0.15) is 0 Å². The number of hydrogen-bond donors (Lipinski definition) is 5. The van der Waals surface area contributed by atoms with Crippen molar-refractivity contribution in [1.82, 2.24) is 25.4 Å². The first kappa shape index (κ1) is 33.7. The third kappa shape index (κ3) is 6.47. The largest absolute Gasteiger partial charge is 0.377 e. The Morgan fingerprint density at radius 2 is 1.77 bits per heavy atom. The summed E-state index contributed by atoms with van der Waals surface area (Å²) in [5, 5.41) is 23.0. The number of rotatable bonds is 11. The van der Waals surface area contributed by atoms with Crippen LogP contribution in [0, 0.1) is 5.41 Å². The molecular formula is C37H47N7O4. The van der Waals surface area contributed by atoms with E-state index in [2.05, 4.69) is 26.3 Å². The van der Waals surface area contributed by atoms with Gasteiger partial charge in [-0.25, -0.2) is 4.98 Å². The first-order valence-corrected chi connectivity index (χ1v) is 16.9. The van der Waals surface area contributed by atoms with Gasteiger partial charge in [0.1, 0.15) is 18.6 Å². The van der Waals surface area contributed by atoms with Crippen molar-refractivity contribution in [1.29, 1.82) is 0 Å². The van der Waals surface area contributed by atoms with Crippen LogP contribution in [0.2, 0.25) is 0 Å². The minimum atomic E-state index is -0.690. The summed E-state index contributed by atoms with van der Waals surface area (Å²) in [5.74, 6) is 0.224. The molecule has 1 spiro atoms. The molecule has 2 aromatic carbocycles. The van der Waals surface area contributed by atoms with Crippen molar-refractivity contribution in [3.8, 4) is 0 Å². The summed E-state index contributed by atoms with van der Waals surface area (Å²) < 4.78 is 0. The van der Waals surface area contributed by atoms with Crippen LogP contribution >= 0.6 is 0 Å². The summed E-state index contributed by atoms with van der Waals surface area (Å²) >= 11 is 0. The van der Waals surface area contributed by atoms with E-state index in [-0.39, 0.29) is 30.3 Å². The van der Waals surface area contributed by atoms with E-state index in [9.17, 15) is 19.5 Å². The Morgan fingerprint density at radius 3 is 2.50 bits per heavy atom. The van der Waals surface area contributed by atoms with E-state index in [4.69, 9.17) is 0 Å². The second kappa shape index (κ2) is 13.8. The molecule has 5 N–H and O–H groups in total. The summed E-state index contributed by atoms with van der Waals surface area (Å²) in [5.41, 5.74) is 4.33. The fourth-order valence-corrected chi connectivity index (χ4v) is 7.54. The van der Waals surface area contributed by atoms with E-state index in [1.807, 2.05) is 87.4 Å². The van der Waals surface area contributed by atoms with Gasteiger partial charge in [0, 0.05) is 55.1 Å². The molecule has 3 aliphatic rings. The van der Waals surface area contributed by atoms with E-state index in [0.29, 0.717) is 63.4 Å². The zero-order valence-electron chi connectivity index (χ0n) is 28.3. The van der Waals surface area contributed by atoms with E-state index >= 15 is 0 Å². The van der Waals surface area contributed by atoms with Crippen LogP contribution in [0.1, 0.15) is 54.5 Å². The topological polar surface area (TPSA) is 139 Å². The van der Waals surface area contributed by atoms with Gasteiger partial charge in [-0.1, -0.05) is 43.3 Å². The Morgan fingerprint density at radius 1 is 1.04 bits per heavy atom. The molecule has 2 aliphatic heterocycles. The number of anilines is 2. The van der Waals surface area contributed by atoms with Crippen LogP contribution in [0.3, 0.4) is 0 Å². The number of nitrogens with one attached hydrogen (secondary N) is 4. The molecule has 1 aliphatic carbocycles. The minimum Gasteiger partial charge on any atom is -0.377 e. The minimum absolute atomic E-state index is 0.0453. The van der Waals surface area contributed by atoms with Crippen LogP contribution in [-0.4, -0.2) is 83.6 Å². The second-order valence-electron chi connectivity index (χ2n) is 13.9. The number of aliphatic hydroxyl groups is 1. The number of pyridine rings is 1. The highest BCUT2D eigenvalue weighted by atomic mass is 16.3. The van der Waals surface area contributed by atoms with E-state index in [1.54, 1.807) is 11.1 Å². The van der Waals surface area contributed by atoms with Crippen molar-refractivity contribution < 1.29 is 19.5 Å². The smallest absolute Gasteiger partial charge is 0.244 e. The van der Waals surface area contributed by atoms with Crippen molar-refractivity contribution in [2.24, 2.45) is 5.41 Å². The third-order valence-corrected chi connectivity index (χ3v) is 10.6. The number of aromatic nitrogens is 1. The molecule has 1 aromatic heterocycles. The van der Waals surface area contributed by atoms with Crippen LogP contribution < -0.4 is 21.3 Å². The first-order valence-electron chi connectivity index (χ1n) is 16.9. The van der Waals surface area contributed by atoms with E-state index < -0.39 is 17.1 Å². The Bertz CT molecular complexity index is 1690. The molecule has 2 unspecified atom stereocenters. The van der Waals surface area contributed by atoms with Gasteiger partial charge in [0.05, 0.1) is 5.41 Å². The van der Waals surface area contributed by atoms with Crippen LogP contribution in [0.4, 0.5) is 11.5 Å². The molecule has 254 valence electrons. The predicted molar refractivity (Wildman–Crippen MR) is 185 cm³/mol. The molecule has 48 heavy (non-hydrogen) atoms. The number of carbonyl (C=O) groups excluding carboxylic acids is 3. The highest BCUT2D eigenvalue weighted by molar-refractivity contribution is 6.06. The van der Waals surface area contributed by atoms with Crippen LogP contribution in [-0.2, 0) is 45.7 Å². The highest BCUT2D eigenvalue weighted by Crippen LogP contribution is 2.47. The van der Waals surface area contributed by atoms with Crippen molar-refractivity contribution >= 4 is 29.2 Å². The molecule has 1 saturated heterocycles. The number of nitrogens with zero attached hydrogens (tertiary/aromatic N) is 3. The van der Waals surface area contributed by atoms with Gasteiger partial charge in [0.2, 0.25) is 17.7 Å². The molecule has 11 heteroatoms. The Kier molecular flexibility index (Phi) is 9.67. The number of amides is 3. The molecule has 3 heterocycles. The summed E-state index contributed by atoms with van der Waals surface area (Å²) in [6.45, 7) is 5.93. The van der Waals surface area contributed by atoms with Crippen molar-refractivity contribution in [2.45, 2.75) is 70.3 Å². The monoisotopic (exact) mass is 653 g/mol. The van der Waals surface area contributed by atoms with Gasteiger partial charge < -0.3 is 31.3 Å². The molecule has 3 atom stereocenters. The van der Waals surface area contributed by atoms with Gasteiger partial charge in [-0.05, 0) is 87.2 Å². The average Bonchev–Trinajstić information content (AvgIpc) is 3.60. The molecule has 0 bridgehead atoms. The van der Waals surface area contributed by atoms with Gasteiger partial charge in [-0.3, -0.25) is 19.3 Å². The summed E-state index contributed by atoms with van der Waals surface area (Å²) in [6, 6.07) is 17.5. The van der Waals surface area contributed by atoms with Crippen molar-refractivity contribution in [3.05, 3.63) is 88.6 Å². The van der Waals surface area contributed by atoms with Gasteiger partial charge >= 0.3 is 0 Å². The number of aliphatic hydroxyl groups excluding tert-OH is 1. The lowest BCUT2D eigenvalue weighted by Crippen LogP contribution is -2.55. The Hall–Kier alpha value is -4.16. The number of likely N-dealkylation sites (tertiary alicyclic amines) is 1. The SMILES string of the molecule is CNCc1ccccc1CN(CC(=O)Nc1ccc2c(c1)C[C@@]1(C2)C(=O)Nc2ncccc21)C(=O)C1(C)CCN(C(O)C(C)NC)CC1. The maximum absolute atomic E-state index is 14.4. The molecule has 3 amide bonds. The van der Waals surface area contributed by atoms with Crippen LogP contribution in [0.5, 0.6) is 0 Å². The van der Waals surface area contributed by atoms with Gasteiger partial charge in [-0.15, -0.1) is 0 Å². The quantitative estimate of drug-likeness (QED) is 0.213. The number of likely N-dealkylation sites (N-methyl/N-ethyl adjacent to an activating group) is 1. The number of fused-ring (bicyclic) bond motifs is 3. The molecule has 0 saturated carbocycles. The zero-order chi connectivity index (χ0) is 34.1. The lowest BCUT2D eigenvalue weighted by atomic mass is 9.78. The van der Waals surface area contributed by atoms with E-state index in [0.717, 1.165) is 27.8 Å². The Balaban J connectivity index is 1.19. The maximum atomic E-state index is 14.4. The summed E-state index contributed by atoms with van der Waals surface area (Å²) in [6.07, 6.45) is 3.31. The predicted octanol–water partition coefficient (Wildman–Crippen LogP) is 2.79. The molecule has 1 fully saturated rings. The lowest BCUT2D eigenvalue weighted by molar-refractivity contribution is -0.148. The molecular weight excluding hydrogens is 606 g/mol. The average molecular weight is 654 g/mol. The number of benzene rings is 2. The number of piperidine rings is 1. The molecule has 3 aromatic rings. The standard InChI is InChI=1S/C37H47N7O4/c1-24(39-4)33(46)43-16-13-36(2,14-17-43)35(48)44(22-27-9-6-5-8-26(27)21-38-3)23-31(45)41-29-12-11-25-19-37(20-28(25)18-29)30-10-7-15-40-32(30)42-34(37)47/h5-12,15,18,24,33,38-39,46H,13-14,16-17,19-23H2,1-4H3,(H,41,45)(H,40,42,47)/t24?,33?,37-/m1/s1. The summed E-state index contributed by atoms with van der Waals surface area (Å²) in [4.78, 5) is 49.3. The third-order valence-electron chi connectivity index (χ3n) is 10.6. The maximum Gasteiger partial charge on any atom is 0.244 e. The molecule has 6 rings (SSSR count). The second-order valence-corrected chi connectivity index (χ2v) is 13.9. The molecule has 11 nitrogen and oxygen atoms in total. The molecule has 0 radical (unpaired) electrons. The van der Waals surface area contributed by atoms with Crippen molar-refractivity contribution in [2.75, 3.05) is 44.4 Å². The normalized spacial score (nSPS) is 20.9. The lowest BCUT2D eigenvalue weighted by Gasteiger charge is -2.43. The van der Waals surface area contributed by atoms with Gasteiger partial charge in [0.25, 0.3) is 0 Å². The zero-order valence-corrected chi connectivity index (χ0v) is 28.3. The van der Waals surface area contributed by atoms with Crippen LogP contribution in [0.15, 0.2) is 60.8 Å². The fraction of sp³-hybridized carbons (Fsp3) is 0.459. The fourth-order valence-electron chi connectivity index (χ4n) is 7.54. The van der Waals surface area contributed by atoms with Gasteiger partial charge in [0.15, 0.2) is 0 Å². The van der Waals surface area contributed by atoms with Crippen LogP contribution in [0.25, 0.3) is 0 Å². The number of carbonyl (C=O) groups is 3. The first-order chi connectivity index (χ1) is 23.1. The Labute approximate surface area is 282 Å². The summed E-state index contributed by atoms with van der Waals surface area (Å²) in [7, 11) is 3.71. The van der Waals surface area contributed by atoms with Crippen molar-refractivity contribution in [3.63, 3.8) is 0 Å². The highest BCUT2D eigenvalue weighted by Gasteiger charge is 2.51. The van der Waals surface area contributed by atoms with E-state index in [1.165, 1.54) is 0 Å². The number of hydrogen-bond acceptors (Lipinski definition) is 8.